The van der Waals surface area contributed by atoms with Gasteiger partial charge in [-0.2, -0.15) is 0 Å². The standard InChI is InChI=1S/C15H22ClN3O/c1-18(2)13-7-8-19(9-13)10-14(15(17)20)11-3-5-12(16)6-4-11/h3-6,13-14H,7-10H2,1-2H3,(H2,17,20)/t13-,14-/m0/s1. The summed E-state index contributed by atoms with van der Waals surface area (Å²) in [5.74, 6) is -0.547. The Balaban J connectivity index is 2.04. The molecule has 0 spiro atoms. The summed E-state index contributed by atoms with van der Waals surface area (Å²) in [6.07, 6.45) is 1.14. The van der Waals surface area contributed by atoms with E-state index in [0.29, 0.717) is 17.6 Å². The van der Waals surface area contributed by atoms with Gasteiger partial charge in [0.05, 0.1) is 5.92 Å². The fourth-order valence-electron chi connectivity index (χ4n) is 2.71. The highest BCUT2D eigenvalue weighted by Crippen LogP contribution is 2.22. The maximum absolute atomic E-state index is 11.7. The van der Waals surface area contributed by atoms with Crippen LogP contribution in [-0.4, -0.2) is 55.5 Å². The Labute approximate surface area is 125 Å². The van der Waals surface area contributed by atoms with E-state index in [0.717, 1.165) is 25.1 Å². The molecule has 0 radical (unpaired) electrons. The van der Waals surface area contributed by atoms with Gasteiger partial charge in [0.1, 0.15) is 0 Å². The first-order valence-corrected chi connectivity index (χ1v) is 7.28. The normalized spacial score (nSPS) is 21.3. The summed E-state index contributed by atoms with van der Waals surface area (Å²) in [6.45, 7) is 2.69. The van der Waals surface area contributed by atoms with E-state index in [2.05, 4.69) is 23.9 Å². The summed E-state index contributed by atoms with van der Waals surface area (Å²) in [5, 5.41) is 0.672. The minimum Gasteiger partial charge on any atom is -0.369 e. The van der Waals surface area contributed by atoms with E-state index in [9.17, 15) is 4.79 Å². The number of nitrogens with zero attached hydrogens (tertiary/aromatic N) is 2. The molecule has 1 saturated heterocycles. The van der Waals surface area contributed by atoms with Crippen LogP contribution in [0.3, 0.4) is 0 Å². The van der Waals surface area contributed by atoms with Crippen molar-refractivity contribution in [3.05, 3.63) is 34.9 Å². The van der Waals surface area contributed by atoms with Crippen LogP contribution in [0.1, 0.15) is 17.9 Å². The molecule has 1 aliphatic rings. The smallest absolute Gasteiger partial charge is 0.226 e. The highest BCUT2D eigenvalue weighted by molar-refractivity contribution is 6.30. The Morgan fingerprint density at radius 2 is 2.10 bits per heavy atom. The number of halogens is 1. The molecule has 20 heavy (non-hydrogen) atoms. The lowest BCUT2D eigenvalue weighted by molar-refractivity contribution is -0.119. The quantitative estimate of drug-likeness (QED) is 0.896. The lowest BCUT2D eigenvalue weighted by Gasteiger charge is -2.23. The number of carbonyl (C=O) groups excluding carboxylic acids is 1. The van der Waals surface area contributed by atoms with Crippen molar-refractivity contribution in [1.29, 1.82) is 0 Å². The summed E-state index contributed by atoms with van der Waals surface area (Å²) in [7, 11) is 4.19. The Morgan fingerprint density at radius 1 is 1.45 bits per heavy atom. The predicted octanol–water partition coefficient (Wildman–Crippen LogP) is 1.54. The molecule has 1 fully saturated rings. The van der Waals surface area contributed by atoms with E-state index in [4.69, 9.17) is 17.3 Å². The van der Waals surface area contributed by atoms with Gasteiger partial charge in [0, 0.05) is 24.2 Å². The molecule has 1 amide bonds. The summed E-state index contributed by atoms with van der Waals surface area (Å²) in [5.41, 5.74) is 6.51. The Morgan fingerprint density at radius 3 is 2.60 bits per heavy atom. The zero-order valence-corrected chi connectivity index (χ0v) is 12.8. The van der Waals surface area contributed by atoms with Crippen molar-refractivity contribution in [2.24, 2.45) is 5.73 Å². The zero-order valence-electron chi connectivity index (χ0n) is 12.1. The van der Waals surface area contributed by atoms with E-state index in [1.807, 2.05) is 12.1 Å². The van der Waals surface area contributed by atoms with Crippen LogP contribution < -0.4 is 5.73 Å². The predicted molar refractivity (Wildman–Crippen MR) is 81.9 cm³/mol. The van der Waals surface area contributed by atoms with Gasteiger partial charge in [-0.15, -0.1) is 0 Å². The molecule has 1 aliphatic heterocycles. The van der Waals surface area contributed by atoms with Crippen LogP contribution in [0, 0.1) is 0 Å². The number of hydrogen-bond donors (Lipinski definition) is 1. The average Bonchev–Trinajstić information content (AvgIpc) is 2.86. The van der Waals surface area contributed by atoms with Crippen molar-refractivity contribution >= 4 is 17.5 Å². The van der Waals surface area contributed by atoms with Gasteiger partial charge in [-0.1, -0.05) is 23.7 Å². The number of amides is 1. The minimum atomic E-state index is -0.277. The van der Waals surface area contributed by atoms with E-state index in [1.165, 1.54) is 0 Å². The fraction of sp³-hybridized carbons (Fsp3) is 0.533. The number of hydrogen-bond acceptors (Lipinski definition) is 3. The number of likely N-dealkylation sites (tertiary alicyclic amines) is 1. The molecule has 2 atom stereocenters. The molecule has 0 aliphatic carbocycles. The topological polar surface area (TPSA) is 49.6 Å². The SMILES string of the molecule is CN(C)[C@H]1CCN(C[C@H](C(N)=O)c2ccc(Cl)cc2)C1. The zero-order chi connectivity index (χ0) is 14.7. The van der Waals surface area contributed by atoms with Crippen molar-refractivity contribution in [3.8, 4) is 0 Å². The third-order valence-electron chi connectivity index (χ3n) is 4.03. The molecule has 5 heteroatoms. The molecule has 4 nitrogen and oxygen atoms in total. The second kappa shape index (κ2) is 6.57. The summed E-state index contributed by atoms with van der Waals surface area (Å²) in [6, 6.07) is 7.95. The molecular weight excluding hydrogens is 274 g/mol. The second-order valence-electron chi connectivity index (χ2n) is 5.67. The number of rotatable bonds is 5. The third-order valence-corrected chi connectivity index (χ3v) is 4.29. The number of primary amides is 1. The van der Waals surface area contributed by atoms with Crippen LogP contribution in [-0.2, 0) is 4.79 Å². The van der Waals surface area contributed by atoms with Gasteiger partial charge in [-0.25, -0.2) is 0 Å². The lowest BCUT2D eigenvalue weighted by atomic mass is 9.98. The van der Waals surface area contributed by atoms with Gasteiger partial charge in [-0.3, -0.25) is 4.79 Å². The molecule has 0 bridgehead atoms. The van der Waals surface area contributed by atoms with Crippen LogP contribution in [0.2, 0.25) is 5.02 Å². The molecule has 1 heterocycles. The maximum Gasteiger partial charge on any atom is 0.226 e. The van der Waals surface area contributed by atoms with E-state index >= 15 is 0 Å². The van der Waals surface area contributed by atoms with Crippen LogP contribution in [0.15, 0.2) is 24.3 Å². The van der Waals surface area contributed by atoms with Crippen LogP contribution in [0.25, 0.3) is 0 Å². The molecule has 110 valence electrons. The van der Waals surface area contributed by atoms with Crippen molar-refractivity contribution in [2.45, 2.75) is 18.4 Å². The maximum atomic E-state index is 11.7. The number of carbonyl (C=O) groups is 1. The first kappa shape index (κ1) is 15.3. The number of benzene rings is 1. The Kier molecular flexibility index (Phi) is 5.02. The van der Waals surface area contributed by atoms with Crippen LogP contribution in [0.5, 0.6) is 0 Å². The lowest BCUT2D eigenvalue weighted by Crippen LogP contribution is -2.36. The molecule has 2 N–H and O–H groups in total. The molecular formula is C15H22ClN3O. The molecule has 0 saturated carbocycles. The van der Waals surface area contributed by atoms with Gasteiger partial charge in [0.2, 0.25) is 5.91 Å². The monoisotopic (exact) mass is 295 g/mol. The number of nitrogens with two attached hydrogens (primary N) is 1. The first-order chi connectivity index (χ1) is 9.47. The van der Waals surface area contributed by atoms with Crippen molar-refractivity contribution in [2.75, 3.05) is 33.7 Å². The van der Waals surface area contributed by atoms with Gasteiger partial charge in [-0.05, 0) is 44.8 Å². The second-order valence-corrected chi connectivity index (χ2v) is 6.11. The summed E-state index contributed by atoms with van der Waals surface area (Å²) in [4.78, 5) is 16.3. The van der Waals surface area contributed by atoms with Crippen molar-refractivity contribution < 1.29 is 4.79 Å². The highest BCUT2D eigenvalue weighted by atomic mass is 35.5. The van der Waals surface area contributed by atoms with Crippen molar-refractivity contribution in [1.82, 2.24) is 9.80 Å². The Hall–Kier alpha value is -1.10. The third kappa shape index (κ3) is 3.72. The summed E-state index contributed by atoms with van der Waals surface area (Å²) >= 11 is 5.89. The van der Waals surface area contributed by atoms with Gasteiger partial charge in [0.15, 0.2) is 0 Å². The first-order valence-electron chi connectivity index (χ1n) is 6.91. The van der Waals surface area contributed by atoms with Crippen LogP contribution in [0.4, 0.5) is 0 Å². The van der Waals surface area contributed by atoms with E-state index < -0.39 is 0 Å². The van der Waals surface area contributed by atoms with Gasteiger partial charge < -0.3 is 15.5 Å². The molecule has 1 aromatic carbocycles. The Bertz CT molecular complexity index is 461. The molecule has 0 unspecified atom stereocenters. The minimum absolute atomic E-state index is 0.270. The fourth-order valence-corrected chi connectivity index (χ4v) is 2.84. The number of likely N-dealkylation sites (N-methyl/N-ethyl adjacent to an activating group) is 1. The molecule has 2 rings (SSSR count). The average molecular weight is 296 g/mol. The largest absolute Gasteiger partial charge is 0.369 e. The van der Waals surface area contributed by atoms with E-state index in [1.54, 1.807) is 12.1 Å². The van der Waals surface area contributed by atoms with E-state index in [-0.39, 0.29) is 11.8 Å². The van der Waals surface area contributed by atoms with Gasteiger partial charge in [0.25, 0.3) is 0 Å². The highest BCUT2D eigenvalue weighted by Gasteiger charge is 2.28. The van der Waals surface area contributed by atoms with Crippen molar-refractivity contribution in [3.63, 3.8) is 0 Å². The summed E-state index contributed by atoms with van der Waals surface area (Å²) < 4.78 is 0. The van der Waals surface area contributed by atoms with Crippen LogP contribution >= 0.6 is 11.6 Å². The molecule has 0 aromatic heterocycles. The molecule has 1 aromatic rings. The van der Waals surface area contributed by atoms with Gasteiger partial charge >= 0.3 is 0 Å².